The number of likely N-dealkylation sites (tertiary alicyclic amines) is 1. The van der Waals surface area contributed by atoms with Crippen LogP contribution in [0.2, 0.25) is 0 Å². The van der Waals surface area contributed by atoms with Crippen molar-refractivity contribution >= 4 is 5.91 Å². The molecule has 1 aromatic rings. The summed E-state index contributed by atoms with van der Waals surface area (Å²) in [6, 6.07) is 3.41. The van der Waals surface area contributed by atoms with Gasteiger partial charge in [-0.2, -0.15) is 0 Å². The molecule has 0 radical (unpaired) electrons. The van der Waals surface area contributed by atoms with Crippen LogP contribution in [0.5, 0.6) is 5.75 Å². The summed E-state index contributed by atoms with van der Waals surface area (Å²) in [4.78, 5) is 14.3. The molecule has 1 unspecified atom stereocenters. The molecule has 0 spiro atoms. The molecule has 4 nitrogen and oxygen atoms in total. The van der Waals surface area contributed by atoms with Crippen molar-refractivity contribution in [2.75, 3.05) is 19.6 Å². The maximum Gasteiger partial charge on any atom is 0.255 e. The van der Waals surface area contributed by atoms with Gasteiger partial charge in [-0.25, -0.2) is 4.39 Å². The van der Waals surface area contributed by atoms with Crippen molar-refractivity contribution in [1.82, 2.24) is 10.2 Å². The molecule has 0 aromatic heterocycles. The van der Waals surface area contributed by atoms with Crippen molar-refractivity contribution in [2.24, 2.45) is 0 Å². The smallest absolute Gasteiger partial charge is 0.255 e. The predicted octanol–water partition coefficient (Wildman–Crippen LogP) is 2.14. The molecule has 1 fully saturated rings. The lowest BCUT2D eigenvalue weighted by Crippen LogP contribution is -2.43. The van der Waals surface area contributed by atoms with E-state index in [4.69, 9.17) is 0 Å². The maximum absolute atomic E-state index is 12.9. The van der Waals surface area contributed by atoms with Crippen molar-refractivity contribution in [2.45, 2.75) is 32.2 Å². The number of phenols is 1. The van der Waals surface area contributed by atoms with Gasteiger partial charge in [0.25, 0.3) is 5.91 Å². The molecule has 1 aromatic carbocycles. The zero-order chi connectivity index (χ0) is 14.5. The first kappa shape index (κ1) is 14.8. The summed E-state index contributed by atoms with van der Waals surface area (Å²) < 4.78 is 12.9. The van der Waals surface area contributed by atoms with E-state index >= 15 is 0 Å². The lowest BCUT2D eigenvalue weighted by molar-refractivity contribution is 0.0923. The molecule has 0 saturated carbocycles. The summed E-state index contributed by atoms with van der Waals surface area (Å²) in [5.41, 5.74) is 0.108. The quantitative estimate of drug-likeness (QED) is 0.888. The van der Waals surface area contributed by atoms with Crippen molar-refractivity contribution in [3.05, 3.63) is 29.6 Å². The standard InChI is InChI=1S/C15H21FN2O2/c1-11(10-18-7-3-2-4-8-18)17-15(20)13-6-5-12(16)9-14(13)19/h5-6,9,11,19H,2-4,7-8,10H2,1H3,(H,17,20). The topological polar surface area (TPSA) is 52.6 Å². The Labute approximate surface area is 118 Å². The number of hydrogen-bond acceptors (Lipinski definition) is 3. The first-order valence-electron chi connectivity index (χ1n) is 7.08. The van der Waals surface area contributed by atoms with Gasteiger partial charge in [-0.15, -0.1) is 0 Å². The number of rotatable bonds is 4. The van der Waals surface area contributed by atoms with E-state index in [1.807, 2.05) is 6.92 Å². The van der Waals surface area contributed by atoms with E-state index in [0.29, 0.717) is 0 Å². The predicted molar refractivity (Wildman–Crippen MR) is 75.3 cm³/mol. The van der Waals surface area contributed by atoms with Crippen LogP contribution in [-0.4, -0.2) is 41.6 Å². The second kappa shape index (κ2) is 6.70. The summed E-state index contributed by atoms with van der Waals surface area (Å²) >= 11 is 0. The van der Waals surface area contributed by atoms with E-state index in [-0.39, 0.29) is 23.3 Å². The number of amides is 1. The van der Waals surface area contributed by atoms with Crippen LogP contribution in [0.3, 0.4) is 0 Å². The Morgan fingerprint density at radius 2 is 2.10 bits per heavy atom. The molecule has 2 rings (SSSR count). The van der Waals surface area contributed by atoms with E-state index in [1.165, 1.54) is 31.4 Å². The van der Waals surface area contributed by atoms with Gasteiger partial charge in [0.05, 0.1) is 5.56 Å². The van der Waals surface area contributed by atoms with Gasteiger partial charge in [-0.05, 0) is 45.0 Å². The number of halogens is 1. The fourth-order valence-electron chi connectivity index (χ4n) is 2.57. The Kier molecular flexibility index (Phi) is 4.95. The molecule has 1 amide bonds. The Hall–Kier alpha value is -1.62. The molecule has 1 aliphatic heterocycles. The number of phenolic OH excluding ortho intramolecular Hbond substituents is 1. The average Bonchev–Trinajstić information content (AvgIpc) is 2.39. The highest BCUT2D eigenvalue weighted by Gasteiger charge is 2.17. The zero-order valence-corrected chi connectivity index (χ0v) is 11.7. The normalized spacial score (nSPS) is 17.7. The van der Waals surface area contributed by atoms with Crippen LogP contribution in [0.25, 0.3) is 0 Å². The van der Waals surface area contributed by atoms with Gasteiger partial charge in [0.2, 0.25) is 0 Å². The number of carbonyl (C=O) groups is 1. The second-order valence-corrected chi connectivity index (χ2v) is 5.40. The molecule has 1 aliphatic rings. The van der Waals surface area contributed by atoms with Crippen LogP contribution >= 0.6 is 0 Å². The SMILES string of the molecule is CC(CN1CCCCC1)NC(=O)c1ccc(F)cc1O. The molecule has 2 N–H and O–H groups in total. The third-order valence-electron chi connectivity index (χ3n) is 3.56. The average molecular weight is 280 g/mol. The molecule has 110 valence electrons. The Bertz CT molecular complexity index is 473. The largest absolute Gasteiger partial charge is 0.507 e. The first-order chi connectivity index (χ1) is 9.56. The highest BCUT2D eigenvalue weighted by Crippen LogP contribution is 2.18. The first-order valence-corrected chi connectivity index (χ1v) is 7.08. The molecule has 5 heteroatoms. The van der Waals surface area contributed by atoms with Gasteiger partial charge in [0.1, 0.15) is 11.6 Å². The fraction of sp³-hybridized carbons (Fsp3) is 0.533. The van der Waals surface area contributed by atoms with Crippen LogP contribution in [0.15, 0.2) is 18.2 Å². The highest BCUT2D eigenvalue weighted by atomic mass is 19.1. The van der Waals surface area contributed by atoms with Crippen LogP contribution in [0, 0.1) is 5.82 Å². The highest BCUT2D eigenvalue weighted by molar-refractivity contribution is 5.96. The minimum Gasteiger partial charge on any atom is -0.507 e. The van der Waals surface area contributed by atoms with E-state index in [2.05, 4.69) is 10.2 Å². The number of benzene rings is 1. The number of hydrogen-bond donors (Lipinski definition) is 2. The second-order valence-electron chi connectivity index (χ2n) is 5.40. The zero-order valence-electron chi connectivity index (χ0n) is 11.7. The molecule has 0 bridgehead atoms. The van der Waals surface area contributed by atoms with Crippen molar-refractivity contribution in [1.29, 1.82) is 0 Å². The monoisotopic (exact) mass is 280 g/mol. The van der Waals surface area contributed by atoms with E-state index in [9.17, 15) is 14.3 Å². The number of nitrogens with zero attached hydrogens (tertiary/aromatic N) is 1. The Balaban J connectivity index is 1.89. The van der Waals surface area contributed by atoms with Crippen LogP contribution < -0.4 is 5.32 Å². The molecule has 0 aliphatic carbocycles. The third-order valence-corrected chi connectivity index (χ3v) is 3.56. The van der Waals surface area contributed by atoms with E-state index < -0.39 is 5.82 Å². The number of carbonyl (C=O) groups excluding carboxylic acids is 1. The van der Waals surface area contributed by atoms with Crippen LogP contribution in [-0.2, 0) is 0 Å². The fourth-order valence-corrected chi connectivity index (χ4v) is 2.57. The van der Waals surface area contributed by atoms with Gasteiger partial charge in [-0.1, -0.05) is 6.42 Å². The molecule has 20 heavy (non-hydrogen) atoms. The summed E-state index contributed by atoms with van der Waals surface area (Å²) in [5, 5.41) is 12.4. The summed E-state index contributed by atoms with van der Waals surface area (Å²) in [6.45, 7) is 4.88. The van der Waals surface area contributed by atoms with Crippen molar-refractivity contribution < 1.29 is 14.3 Å². The summed E-state index contributed by atoms with van der Waals surface area (Å²) in [7, 11) is 0. The van der Waals surface area contributed by atoms with Gasteiger partial charge >= 0.3 is 0 Å². The summed E-state index contributed by atoms with van der Waals surface area (Å²) in [5.74, 6) is -1.25. The molecule has 1 atom stereocenters. The Morgan fingerprint density at radius 1 is 1.40 bits per heavy atom. The molecule has 1 saturated heterocycles. The van der Waals surface area contributed by atoms with Gasteiger partial charge in [0, 0.05) is 18.7 Å². The number of nitrogens with one attached hydrogen (secondary N) is 1. The Morgan fingerprint density at radius 3 is 2.75 bits per heavy atom. The minimum atomic E-state index is -0.555. The number of piperidine rings is 1. The van der Waals surface area contributed by atoms with Gasteiger partial charge in [-0.3, -0.25) is 4.79 Å². The molecule has 1 heterocycles. The van der Waals surface area contributed by atoms with Crippen LogP contribution in [0.1, 0.15) is 36.5 Å². The third kappa shape index (κ3) is 3.93. The van der Waals surface area contributed by atoms with Crippen molar-refractivity contribution in [3.63, 3.8) is 0 Å². The molecular formula is C15H21FN2O2. The lowest BCUT2D eigenvalue weighted by atomic mass is 10.1. The van der Waals surface area contributed by atoms with Gasteiger partial charge in [0.15, 0.2) is 0 Å². The van der Waals surface area contributed by atoms with Crippen molar-refractivity contribution in [3.8, 4) is 5.75 Å². The minimum absolute atomic E-state index is 0.00921. The maximum atomic E-state index is 12.9. The number of aromatic hydroxyl groups is 1. The molecular weight excluding hydrogens is 259 g/mol. The van der Waals surface area contributed by atoms with Crippen LogP contribution in [0.4, 0.5) is 4.39 Å². The summed E-state index contributed by atoms with van der Waals surface area (Å²) in [6.07, 6.45) is 3.69. The lowest BCUT2D eigenvalue weighted by Gasteiger charge is -2.29. The van der Waals surface area contributed by atoms with Gasteiger partial charge < -0.3 is 15.3 Å². The van der Waals surface area contributed by atoms with E-state index in [1.54, 1.807) is 0 Å². The van der Waals surface area contributed by atoms with E-state index in [0.717, 1.165) is 25.7 Å².